The minimum absolute atomic E-state index is 0.108. The predicted molar refractivity (Wildman–Crippen MR) is 104 cm³/mol. The second-order valence-electron chi connectivity index (χ2n) is 6.00. The lowest BCUT2D eigenvalue weighted by Gasteiger charge is -2.13. The van der Waals surface area contributed by atoms with Gasteiger partial charge in [-0.25, -0.2) is 0 Å². The van der Waals surface area contributed by atoms with Gasteiger partial charge in [0.25, 0.3) is 0 Å². The highest BCUT2D eigenvalue weighted by molar-refractivity contribution is 14.1. The molecule has 3 rings (SSSR count). The molecule has 1 atom stereocenters. The smallest absolute Gasteiger partial charge is 0.303 e. The molecule has 2 aromatic carbocycles. The van der Waals surface area contributed by atoms with E-state index in [0.717, 1.165) is 36.3 Å². The van der Waals surface area contributed by atoms with Gasteiger partial charge in [0.15, 0.2) is 0 Å². The molecule has 132 valence electrons. The Bertz CT molecular complexity index is 727. The van der Waals surface area contributed by atoms with Crippen LogP contribution in [0, 0.1) is 3.57 Å². The Balaban J connectivity index is 1.43. The van der Waals surface area contributed by atoms with Crippen LogP contribution < -0.4 is 9.47 Å². The summed E-state index contributed by atoms with van der Waals surface area (Å²) in [7, 11) is 0. The van der Waals surface area contributed by atoms with Gasteiger partial charge < -0.3 is 14.2 Å². The van der Waals surface area contributed by atoms with Crippen LogP contribution in [0.2, 0.25) is 0 Å². The van der Waals surface area contributed by atoms with Crippen molar-refractivity contribution >= 4 is 28.6 Å². The first-order valence-electron chi connectivity index (χ1n) is 8.43. The van der Waals surface area contributed by atoms with Crippen LogP contribution in [-0.2, 0) is 16.0 Å². The molecule has 0 saturated heterocycles. The first-order valence-corrected chi connectivity index (χ1v) is 9.51. The highest BCUT2D eigenvalue weighted by Crippen LogP contribution is 2.36. The standard InChI is InChI=1S/C20H21IO4/c1-14(22)25-20-10-3-15-13-18(8-9-19(15)20)24-12-2-11-23-17-6-4-16(21)5-7-17/h4-9,13,20H,2-3,10-12H2,1H3/t20-/m0/s1. The van der Waals surface area contributed by atoms with Crippen LogP contribution >= 0.6 is 22.6 Å². The Morgan fingerprint density at radius 2 is 1.76 bits per heavy atom. The minimum atomic E-state index is -0.230. The number of hydrogen-bond acceptors (Lipinski definition) is 4. The van der Waals surface area contributed by atoms with E-state index in [-0.39, 0.29) is 12.1 Å². The van der Waals surface area contributed by atoms with E-state index in [0.29, 0.717) is 13.2 Å². The van der Waals surface area contributed by atoms with Gasteiger partial charge in [0.1, 0.15) is 17.6 Å². The molecule has 5 heteroatoms. The van der Waals surface area contributed by atoms with Crippen molar-refractivity contribution in [2.75, 3.05) is 13.2 Å². The summed E-state index contributed by atoms with van der Waals surface area (Å²) in [4.78, 5) is 11.1. The maximum absolute atomic E-state index is 11.1. The lowest BCUT2D eigenvalue weighted by atomic mass is 10.1. The summed E-state index contributed by atoms with van der Waals surface area (Å²) in [6, 6.07) is 14.0. The van der Waals surface area contributed by atoms with Crippen LogP contribution in [0.15, 0.2) is 42.5 Å². The second-order valence-corrected chi connectivity index (χ2v) is 7.25. The maximum Gasteiger partial charge on any atom is 0.303 e. The maximum atomic E-state index is 11.1. The third-order valence-corrected chi connectivity index (χ3v) is 4.80. The largest absolute Gasteiger partial charge is 0.493 e. The molecule has 4 nitrogen and oxygen atoms in total. The monoisotopic (exact) mass is 452 g/mol. The molecule has 0 heterocycles. The Hall–Kier alpha value is -1.76. The predicted octanol–water partition coefficient (Wildman–Crippen LogP) is 4.69. The topological polar surface area (TPSA) is 44.8 Å². The van der Waals surface area contributed by atoms with Gasteiger partial charge in [0.05, 0.1) is 13.2 Å². The molecule has 0 aliphatic heterocycles. The van der Waals surface area contributed by atoms with E-state index in [1.807, 2.05) is 36.4 Å². The number of carbonyl (C=O) groups is 1. The van der Waals surface area contributed by atoms with Crippen LogP contribution in [0.4, 0.5) is 0 Å². The van der Waals surface area contributed by atoms with E-state index >= 15 is 0 Å². The molecule has 0 spiro atoms. The third kappa shape index (κ3) is 5.11. The minimum Gasteiger partial charge on any atom is -0.493 e. The Labute approximate surface area is 161 Å². The van der Waals surface area contributed by atoms with Gasteiger partial charge in [0, 0.05) is 16.9 Å². The Kier molecular flexibility index (Phi) is 6.18. The zero-order valence-corrected chi connectivity index (χ0v) is 16.3. The molecular weight excluding hydrogens is 431 g/mol. The van der Waals surface area contributed by atoms with Gasteiger partial charge in [-0.2, -0.15) is 0 Å². The summed E-state index contributed by atoms with van der Waals surface area (Å²) >= 11 is 2.27. The number of esters is 1. The van der Waals surface area contributed by atoms with Crippen molar-refractivity contribution in [3.05, 3.63) is 57.2 Å². The van der Waals surface area contributed by atoms with Crippen molar-refractivity contribution in [2.45, 2.75) is 32.3 Å². The molecule has 0 saturated carbocycles. The fourth-order valence-electron chi connectivity index (χ4n) is 2.94. The first-order chi connectivity index (χ1) is 12.1. The number of hydrogen-bond donors (Lipinski definition) is 0. The summed E-state index contributed by atoms with van der Waals surface area (Å²) in [5, 5.41) is 0. The van der Waals surface area contributed by atoms with Crippen LogP contribution in [0.3, 0.4) is 0 Å². The number of aryl methyl sites for hydroxylation is 1. The van der Waals surface area contributed by atoms with Crippen molar-refractivity contribution in [1.29, 1.82) is 0 Å². The second kappa shape index (κ2) is 8.56. The van der Waals surface area contributed by atoms with Crippen molar-refractivity contribution in [1.82, 2.24) is 0 Å². The molecule has 25 heavy (non-hydrogen) atoms. The summed E-state index contributed by atoms with van der Waals surface area (Å²) in [6.45, 7) is 2.68. The summed E-state index contributed by atoms with van der Waals surface area (Å²) < 4.78 is 18.0. The van der Waals surface area contributed by atoms with Crippen LogP contribution in [0.1, 0.15) is 37.0 Å². The molecule has 0 unspecified atom stereocenters. The molecule has 2 aromatic rings. The number of ether oxygens (including phenoxy) is 3. The van der Waals surface area contributed by atoms with Gasteiger partial charge in [-0.1, -0.05) is 6.07 Å². The number of rotatable bonds is 7. The van der Waals surface area contributed by atoms with E-state index in [4.69, 9.17) is 14.2 Å². The lowest BCUT2D eigenvalue weighted by Crippen LogP contribution is -2.06. The van der Waals surface area contributed by atoms with E-state index < -0.39 is 0 Å². The number of fused-ring (bicyclic) bond motifs is 1. The molecule has 1 aliphatic carbocycles. The van der Waals surface area contributed by atoms with E-state index in [2.05, 4.69) is 28.7 Å². The van der Waals surface area contributed by atoms with E-state index in [1.54, 1.807) is 0 Å². The number of benzene rings is 2. The van der Waals surface area contributed by atoms with E-state index in [1.165, 1.54) is 16.1 Å². The normalized spacial score (nSPS) is 15.5. The zero-order valence-electron chi connectivity index (χ0n) is 14.2. The SMILES string of the molecule is CC(=O)O[C@H]1CCc2cc(OCCCOc3ccc(I)cc3)ccc21. The fourth-order valence-corrected chi connectivity index (χ4v) is 3.30. The lowest BCUT2D eigenvalue weighted by molar-refractivity contribution is -0.146. The van der Waals surface area contributed by atoms with Crippen molar-refractivity contribution in [2.24, 2.45) is 0 Å². The molecule has 0 fully saturated rings. The van der Waals surface area contributed by atoms with Crippen LogP contribution in [-0.4, -0.2) is 19.2 Å². The van der Waals surface area contributed by atoms with Crippen LogP contribution in [0.25, 0.3) is 0 Å². The van der Waals surface area contributed by atoms with Crippen molar-refractivity contribution < 1.29 is 19.0 Å². The van der Waals surface area contributed by atoms with Gasteiger partial charge >= 0.3 is 5.97 Å². The molecule has 0 aromatic heterocycles. The quantitative estimate of drug-likeness (QED) is 0.348. The third-order valence-electron chi connectivity index (χ3n) is 4.09. The molecule has 0 N–H and O–H groups in total. The van der Waals surface area contributed by atoms with Gasteiger partial charge in [-0.05, 0) is 83.0 Å². The summed E-state index contributed by atoms with van der Waals surface area (Å²) in [5.74, 6) is 1.51. The van der Waals surface area contributed by atoms with Gasteiger partial charge in [-0.15, -0.1) is 0 Å². The first kappa shape index (κ1) is 18.0. The Morgan fingerprint density at radius 1 is 1.08 bits per heavy atom. The number of carbonyl (C=O) groups excluding carboxylic acids is 1. The molecule has 0 radical (unpaired) electrons. The average Bonchev–Trinajstić information content (AvgIpc) is 2.98. The van der Waals surface area contributed by atoms with Gasteiger partial charge in [0.2, 0.25) is 0 Å². The van der Waals surface area contributed by atoms with Crippen LogP contribution in [0.5, 0.6) is 11.5 Å². The highest BCUT2D eigenvalue weighted by atomic mass is 127. The molecule has 1 aliphatic rings. The van der Waals surface area contributed by atoms with Crippen molar-refractivity contribution in [3.8, 4) is 11.5 Å². The molecule has 0 amide bonds. The zero-order chi connectivity index (χ0) is 17.6. The Morgan fingerprint density at radius 3 is 2.48 bits per heavy atom. The summed E-state index contributed by atoms with van der Waals surface area (Å²) in [6.07, 6.45) is 2.48. The number of halogens is 1. The van der Waals surface area contributed by atoms with E-state index in [9.17, 15) is 4.79 Å². The summed E-state index contributed by atoms with van der Waals surface area (Å²) in [5.41, 5.74) is 2.31. The van der Waals surface area contributed by atoms with Crippen molar-refractivity contribution in [3.63, 3.8) is 0 Å². The molecule has 0 bridgehead atoms. The highest BCUT2D eigenvalue weighted by Gasteiger charge is 2.25. The van der Waals surface area contributed by atoms with Gasteiger partial charge in [-0.3, -0.25) is 4.79 Å². The molecular formula is C20H21IO4. The fraction of sp³-hybridized carbons (Fsp3) is 0.350. The average molecular weight is 452 g/mol.